The van der Waals surface area contributed by atoms with Crippen molar-refractivity contribution in [2.45, 2.75) is 6.92 Å². The third-order valence-electron chi connectivity index (χ3n) is 3.56. The Morgan fingerprint density at radius 1 is 1.22 bits per heavy atom. The van der Waals surface area contributed by atoms with E-state index in [-0.39, 0.29) is 39.2 Å². The molecule has 7 heteroatoms. The molecule has 116 valence electrons. The van der Waals surface area contributed by atoms with E-state index in [1.54, 1.807) is 19.2 Å². The van der Waals surface area contributed by atoms with Crippen molar-refractivity contribution in [1.29, 1.82) is 0 Å². The van der Waals surface area contributed by atoms with Gasteiger partial charge in [0.05, 0.1) is 10.5 Å². The Labute approximate surface area is 136 Å². The molecular weight excluding hydrogens is 317 g/mol. The van der Waals surface area contributed by atoms with Gasteiger partial charge in [-0.05, 0) is 25.3 Å². The van der Waals surface area contributed by atoms with Gasteiger partial charge >= 0.3 is 0 Å². The molecule has 3 rings (SSSR count). The topological polar surface area (TPSA) is 72.0 Å². The second-order valence-electron chi connectivity index (χ2n) is 4.89. The van der Waals surface area contributed by atoms with Crippen LogP contribution in [0.3, 0.4) is 0 Å². The van der Waals surface area contributed by atoms with Crippen LogP contribution in [0.25, 0.3) is 0 Å². The van der Waals surface area contributed by atoms with E-state index in [1.807, 2.05) is 0 Å². The van der Waals surface area contributed by atoms with Gasteiger partial charge in [-0.3, -0.25) is 9.59 Å². The molecule has 0 bridgehead atoms. The van der Waals surface area contributed by atoms with Crippen LogP contribution in [0, 0.1) is 12.7 Å². The number of rotatable bonds is 3. The summed E-state index contributed by atoms with van der Waals surface area (Å²) < 4.78 is 13.7. The van der Waals surface area contributed by atoms with Crippen LogP contribution < -0.4 is 5.32 Å². The molecule has 1 aliphatic rings. The number of aromatic nitrogens is 2. The lowest BCUT2D eigenvalue weighted by Crippen LogP contribution is -2.26. The number of hydrogen-bond acceptors (Lipinski definition) is 6. The second-order valence-corrected chi connectivity index (χ2v) is 5.71. The number of carbonyl (C=O) groups is 2. The molecule has 0 fully saturated rings. The van der Waals surface area contributed by atoms with E-state index in [0.717, 1.165) is 11.8 Å². The first-order valence-electron chi connectivity index (χ1n) is 6.74. The molecular formula is C16H12FN3O2S. The lowest BCUT2D eigenvalue weighted by Gasteiger charge is -2.20. The van der Waals surface area contributed by atoms with Gasteiger partial charge in [0.15, 0.2) is 0 Å². The van der Waals surface area contributed by atoms with Crippen LogP contribution in [-0.4, -0.2) is 27.8 Å². The molecule has 1 heterocycles. The molecule has 0 spiro atoms. The Kier molecular flexibility index (Phi) is 3.96. The van der Waals surface area contributed by atoms with Gasteiger partial charge in [0.25, 0.3) is 0 Å². The minimum Gasteiger partial charge on any atom is -0.351 e. The van der Waals surface area contributed by atoms with Gasteiger partial charge in [-0.25, -0.2) is 14.4 Å². The molecule has 2 aromatic rings. The molecule has 5 nitrogen and oxygen atoms in total. The van der Waals surface area contributed by atoms with Crippen LogP contribution >= 0.6 is 11.8 Å². The van der Waals surface area contributed by atoms with Gasteiger partial charge < -0.3 is 5.32 Å². The normalized spacial score (nSPS) is 14.0. The number of benzene rings is 1. The number of thioether (sulfide) groups is 1. The molecule has 0 saturated heterocycles. The van der Waals surface area contributed by atoms with E-state index in [4.69, 9.17) is 0 Å². The molecule has 0 aliphatic heterocycles. The molecule has 23 heavy (non-hydrogen) atoms. The first-order valence-corrected chi connectivity index (χ1v) is 7.97. The van der Waals surface area contributed by atoms with Gasteiger partial charge in [0.1, 0.15) is 23.5 Å². The van der Waals surface area contributed by atoms with Crippen molar-refractivity contribution in [2.24, 2.45) is 0 Å². The highest BCUT2D eigenvalue weighted by molar-refractivity contribution is 8.03. The van der Waals surface area contributed by atoms with Crippen molar-refractivity contribution in [3.63, 3.8) is 0 Å². The van der Waals surface area contributed by atoms with Crippen LogP contribution in [0.2, 0.25) is 0 Å². The summed E-state index contributed by atoms with van der Waals surface area (Å²) in [5, 5.41) is 2.90. The van der Waals surface area contributed by atoms with E-state index >= 15 is 0 Å². The molecule has 0 amide bonds. The minimum absolute atomic E-state index is 0.0934. The maximum Gasteiger partial charge on any atom is 0.220 e. The van der Waals surface area contributed by atoms with E-state index in [9.17, 15) is 14.0 Å². The number of ketones is 2. The van der Waals surface area contributed by atoms with Gasteiger partial charge in [0, 0.05) is 17.4 Å². The zero-order valence-corrected chi connectivity index (χ0v) is 13.2. The highest BCUT2D eigenvalue weighted by atomic mass is 32.2. The summed E-state index contributed by atoms with van der Waals surface area (Å²) in [4.78, 5) is 33.1. The molecule has 0 unspecified atom stereocenters. The van der Waals surface area contributed by atoms with Crippen molar-refractivity contribution < 1.29 is 14.0 Å². The number of nitrogens with zero attached hydrogens (tertiary/aromatic N) is 2. The number of fused-ring (bicyclic) bond motifs is 1. The maximum absolute atomic E-state index is 13.7. The van der Waals surface area contributed by atoms with Crippen molar-refractivity contribution >= 4 is 29.0 Å². The Bertz CT molecular complexity index is 864. The predicted octanol–water partition coefficient (Wildman–Crippen LogP) is 2.99. The van der Waals surface area contributed by atoms with Crippen molar-refractivity contribution in [1.82, 2.24) is 9.97 Å². The number of halogens is 1. The molecule has 0 atom stereocenters. The number of Topliss-reactive ketones (excluding diaryl/α,β-unsaturated/α-hetero) is 2. The summed E-state index contributed by atoms with van der Waals surface area (Å²) in [7, 11) is 0. The zero-order chi connectivity index (χ0) is 16.6. The average Bonchev–Trinajstić information content (AvgIpc) is 2.56. The van der Waals surface area contributed by atoms with Crippen LogP contribution in [0.4, 0.5) is 10.1 Å². The van der Waals surface area contributed by atoms with Crippen molar-refractivity contribution in [3.05, 3.63) is 64.0 Å². The smallest absolute Gasteiger partial charge is 0.220 e. The quantitative estimate of drug-likeness (QED) is 0.933. The van der Waals surface area contributed by atoms with Crippen LogP contribution in [0.15, 0.2) is 41.3 Å². The summed E-state index contributed by atoms with van der Waals surface area (Å²) in [5.74, 6) is -1.11. The van der Waals surface area contributed by atoms with E-state index in [0.29, 0.717) is 11.3 Å². The molecule has 1 aliphatic carbocycles. The summed E-state index contributed by atoms with van der Waals surface area (Å²) in [6.07, 6.45) is 4.25. The van der Waals surface area contributed by atoms with Gasteiger partial charge in [-0.1, -0.05) is 6.07 Å². The highest BCUT2D eigenvalue weighted by Crippen LogP contribution is 2.32. The van der Waals surface area contributed by atoms with Crippen LogP contribution in [0.1, 0.15) is 26.4 Å². The van der Waals surface area contributed by atoms with E-state index in [1.165, 1.54) is 24.7 Å². The Morgan fingerprint density at radius 2 is 2.00 bits per heavy atom. The van der Waals surface area contributed by atoms with Crippen LogP contribution in [0.5, 0.6) is 0 Å². The molecule has 1 aromatic heterocycles. The Hall–Kier alpha value is -2.54. The third-order valence-corrected chi connectivity index (χ3v) is 4.36. The number of carbonyl (C=O) groups excluding carboxylic acids is 2. The lowest BCUT2D eigenvalue weighted by atomic mass is 9.98. The molecule has 1 N–H and O–H groups in total. The summed E-state index contributed by atoms with van der Waals surface area (Å²) in [5.41, 5.74) is 1.17. The minimum atomic E-state index is -0.389. The maximum atomic E-state index is 13.7. The summed E-state index contributed by atoms with van der Waals surface area (Å²) in [6, 6.07) is 4.52. The Morgan fingerprint density at radius 3 is 2.74 bits per heavy atom. The van der Waals surface area contributed by atoms with Gasteiger partial charge in [-0.2, -0.15) is 0 Å². The van der Waals surface area contributed by atoms with Crippen molar-refractivity contribution in [3.8, 4) is 0 Å². The molecule has 0 radical (unpaired) electrons. The van der Waals surface area contributed by atoms with Gasteiger partial charge in [0.2, 0.25) is 11.6 Å². The standard InChI is InChI=1S/C16H12FN3O2S/c1-8-10(17)4-3-5-11(8)20-13-14(21)9-6-18-7-19-12(9)15(22)16(13)23-2/h3-7,20H,1-2H3. The fourth-order valence-corrected chi connectivity index (χ4v) is 2.95. The summed E-state index contributed by atoms with van der Waals surface area (Å²) in [6.45, 7) is 1.60. The van der Waals surface area contributed by atoms with Crippen LogP contribution in [-0.2, 0) is 0 Å². The first kappa shape index (κ1) is 15.4. The first-order chi connectivity index (χ1) is 11.0. The molecule has 1 aromatic carbocycles. The monoisotopic (exact) mass is 329 g/mol. The lowest BCUT2D eigenvalue weighted by molar-refractivity contribution is 0.0978. The number of nitrogens with one attached hydrogen (secondary N) is 1. The molecule has 0 saturated carbocycles. The second kappa shape index (κ2) is 5.92. The van der Waals surface area contributed by atoms with Gasteiger partial charge in [-0.15, -0.1) is 11.8 Å². The number of anilines is 1. The van der Waals surface area contributed by atoms with E-state index < -0.39 is 0 Å². The number of allylic oxidation sites excluding steroid dienone is 2. The largest absolute Gasteiger partial charge is 0.351 e. The van der Waals surface area contributed by atoms with E-state index in [2.05, 4.69) is 15.3 Å². The fourth-order valence-electron chi connectivity index (χ4n) is 2.32. The fraction of sp³-hybridized carbons (Fsp3) is 0.125. The highest BCUT2D eigenvalue weighted by Gasteiger charge is 2.33. The zero-order valence-electron chi connectivity index (χ0n) is 12.4. The van der Waals surface area contributed by atoms with Crippen molar-refractivity contribution in [2.75, 3.05) is 11.6 Å². The average molecular weight is 329 g/mol. The Balaban J connectivity index is 2.11. The number of hydrogen-bond donors (Lipinski definition) is 1. The predicted molar refractivity (Wildman–Crippen MR) is 86.0 cm³/mol. The SMILES string of the molecule is CSC1=C(Nc2cccc(F)c2C)C(=O)c2cncnc2C1=O. The third kappa shape index (κ3) is 2.53. The summed E-state index contributed by atoms with van der Waals surface area (Å²) >= 11 is 1.15.